The van der Waals surface area contributed by atoms with Gasteiger partial charge in [0.25, 0.3) is 0 Å². The summed E-state index contributed by atoms with van der Waals surface area (Å²) < 4.78 is 0. The molecule has 1 atom stereocenters. The predicted octanol–water partition coefficient (Wildman–Crippen LogP) is 4.09. The molecule has 0 saturated carbocycles. The first-order valence-corrected chi connectivity index (χ1v) is 8.30. The van der Waals surface area contributed by atoms with Crippen LogP contribution in [0.2, 0.25) is 0 Å². The van der Waals surface area contributed by atoms with E-state index in [1.54, 1.807) is 10.4 Å². The number of nitrogens with zero attached hydrogens (tertiary/aromatic N) is 1. The van der Waals surface area contributed by atoms with Crippen LogP contribution in [0.5, 0.6) is 0 Å². The molecule has 0 aliphatic heterocycles. The fourth-order valence-corrected chi connectivity index (χ4v) is 4.61. The molecule has 3 heteroatoms. The highest BCUT2D eigenvalue weighted by Gasteiger charge is 2.20. The number of hydrogen-bond donors (Lipinski definition) is 1. The number of thiophene rings is 1. The van der Waals surface area contributed by atoms with Crippen molar-refractivity contribution in [2.24, 2.45) is 0 Å². The molecule has 0 bridgehead atoms. The standard InChI is InChI=1S/C18H18N2S/c1-19-18(17-10-13-6-4-8-16(13)21-17)14-9-12-5-2-3-7-15(12)20-11-14/h2-3,5,7,9-11,18-19H,4,6,8H2,1H3. The minimum absolute atomic E-state index is 0.248. The Hall–Kier alpha value is -1.71. The number of rotatable bonds is 3. The van der Waals surface area contributed by atoms with Gasteiger partial charge in [0, 0.05) is 21.3 Å². The van der Waals surface area contributed by atoms with Crippen LogP contribution in [0.25, 0.3) is 10.9 Å². The van der Waals surface area contributed by atoms with Gasteiger partial charge in [-0.25, -0.2) is 0 Å². The fraction of sp³-hybridized carbons (Fsp3) is 0.278. The number of aryl methyl sites for hydroxylation is 2. The second-order valence-electron chi connectivity index (χ2n) is 5.63. The van der Waals surface area contributed by atoms with Crippen molar-refractivity contribution in [3.63, 3.8) is 0 Å². The monoisotopic (exact) mass is 294 g/mol. The Balaban J connectivity index is 1.76. The molecule has 1 aliphatic carbocycles. The van der Waals surface area contributed by atoms with E-state index in [1.165, 1.54) is 35.1 Å². The van der Waals surface area contributed by atoms with Gasteiger partial charge >= 0.3 is 0 Å². The summed E-state index contributed by atoms with van der Waals surface area (Å²) in [5.74, 6) is 0. The third-order valence-electron chi connectivity index (χ3n) is 4.28. The second-order valence-corrected chi connectivity index (χ2v) is 6.80. The van der Waals surface area contributed by atoms with Gasteiger partial charge in [-0.1, -0.05) is 18.2 Å². The highest BCUT2D eigenvalue weighted by atomic mass is 32.1. The Kier molecular flexibility index (Phi) is 3.24. The molecule has 1 N–H and O–H groups in total. The molecule has 2 heterocycles. The maximum absolute atomic E-state index is 4.60. The molecule has 4 rings (SSSR count). The van der Waals surface area contributed by atoms with E-state index in [4.69, 9.17) is 0 Å². The predicted molar refractivity (Wildman–Crippen MR) is 89.0 cm³/mol. The number of hydrogen-bond acceptors (Lipinski definition) is 3. The van der Waals surface area contributed by atoms with E-state index in [0.717, 1.165) is 5.52 Å². The highest BCUT2D eigenvalue weighted by molar-refractivity contribution is 7.12. The van der Waals surface area contributed by atoms with Crippen LogP contribution >= 0.6 is 11.3 Å². The van der Waals surface area contributed by atoms with Gasteiger partial charge in [0.2, 0.25) is 0 Å². The smallest absolute Gasteiger partial charge is 0.0702 e. The summed E-state index contributed by atoms with van der Waals surface area (Å²) in [6, 6.07) is 13.2. The molecule has 1 aromatic carbocycles. The number of fused-ring (bicyclic) bond motifs is 2. The highest BCUT2D eigenvalue weighted by Crippen LogP contribution is 2.36. The molecule has 0 fully saturated rings. The normalized spacial score (nSPS) is 15.3. The van der Waals surface area contributed by atoms with Crippen molar-refractivity contribution in [2.45, 2.75) is 25.3 Å². The zero-order chi connectivity index (χ0) is 14.2. The third-order valence-corrected chi connectivity index (χ3v) is 5.59. The average Bonchev–Trinajstić information content (AvgIpc) is 3.09. The maximum atomic E-state index is 4.60. The fourth-order valence-electron chi connectivity index (χ4n) is 3.21. The molecule has 3 aromatic rings. The molecule has 0 saturated heterocycles. The lowest BCUT2D eigenvalue weighted by Crippen LogP contribution is -2.16. The molecule has 0 amide bonds. The quantitative estimate of drug-likeness (QED) is 0.787. The molecule has 1 aliphatic rings. The van der Waals surface area contributed by atoms with Crippen LogP contribution in [0.15, 0.2) is 42.6 Å². The topological polar surface area (TPSA) is 24.9 Å². The third kappa shape index (κ3) is 2.27. The zero-order valence-electron chi connectivity index (χ0n) is 12.1. The molecule has 0 spiro atoms. The van der Waals surface area contributed by atoms with Crippen LogP contribution in [0.3, 0.4) is 0 Å². The van der Waals surface area contributed by atoms with E-state index in [-0.39, 0.29) is 6.04 Å². The first-order valence-electron chi connectivity index (χ1n) is 7.48. The minimum Gasteiger partial charge on any atom is -0.309 e. The van der Waals surface area contributed by atoms with Crippen molar-refractivity contribution < 1.29 is 0 Å². The Morgan fingerprint density at radius 1 is 1.19 bits per heavy atom. The molecule has 2 nitrogen and oxygen atoms in total. The molecule has 106 valence electrons. The summed E-state index contributed by atoms with van der Waals surface area (Å²) in [7, 11) is 2.03. The number of para-hydroxylation sites is 1. The van der Waals surface area contributed by atoms with Crippen molar-refractivity contribution in [1.29, 1.82) is 0 Å². The van der Waals surface area contributed by atoms with Gasteiger partial charge in [0.1, 0.15) is 0 Å². The van der Waals surface area contributed by atoms with Gasteiger partial charge in [0.05, 0.1) is 11.6 Å². The number of aromatic nitrogens is 1. The molecule has 2 aromatic heterocycles. The van der Waals surface area contributed by atoms with Crippen LogP contribution in [0.1, 0.15) is 33.3 Å². The largest absolute Gasteiger partial charge is 0.309 e. The molecular weight excluding hydrogens is 276 g/mol. The van der Waals surface area contributed by atoms with Crippen LogP contribution in [-0.4, -0.2) is 12.0 Å². The first-order chi connectivity index (χ1) is 10.3. The van der Waals surface area contributed by atoms with Crippen molar-refractivity contribution >= 4 is 22.2 Å². The average molecular weight is 294 g/mol. The molecule has 21 heavy (non-hydrogen) atoms. The number of benzene rings is 1. The second kappa shape index (κ2) is 5.24. The maximum Gasteiger partial charge on any atom is 0.0702 e. The van der Waals surface area contributed by atoms with E-state index in [9.17, 15) is 0 Å². The summed E-state index contributed by atoms with van der Waals surface area (Å²) in [5, 5.41) is 4.67. The molecule has 0 radical (unpaired) electrons. The van der Waals surface area contributed by atoms with E-state index in [1.807, 2.05) is 30.6 Å². The summed E-state index contributed by atoms with van der Waals surface area (Å²) >= 11 is 1.96. The van der Waals surface area contributed by atoms with E-state index in [0.29, 0.717) is 0 Å². The first kappa shape index (κ1) is 13.0. The van der Waals surface area contributed by atoms with Gasteiger partial charge in [0.15, 0.2) is 0 Å². The van der Waals surface area contributed by atoms with Crippen molar-refractivity contribution in [3.8, 4) is 0 Å². The van der Waals surface area contributed by atoms with Gasteiger partial charge in [-0.05, 0) is 55.6 Å². The van der Waals surface area contributed by atoms with Crippen LogP contribution in [-0.2, 0) is 12.8 Å². The Labute approximate surface area is 128 Å². The van der Waals surface area contributed by atoms with E-state index < -0.39 is 0 Å². The van der Waals surface area contributed by atoms with Gasteiger partial charge in [-0.15, -0.1) is 11.3 Å². The molecular formula is C18H18N2S. The number of pyridine rings is 1. The van der Waals surface area contributed by atoms with Crippen molar-refractivity contribution in [1.82, 2.24) is 10.3 Å². The minimum atomic E-state index is 0.248. The Bertz CT molecular complexity index is 769. The summed E-state index contributed by atoms with van der Waals surface area (Å²) in [6.45, 7) is 0. The van der Waals surface area contributed by atoms with Crippen molar-refractivity contribution in [3.05, 3.63) is 63.5 Å². The Morgan fingerprint density at radius 3 is 2.95 bits per heavy atom. The lowest BCUT2D eigenvalue weighted by atomic mass is 10.0. The van der Waals surface area contributed by atoms with Crippen LogP contribution in [0, 0.1) is 0 Å². The summed E-state index contributed by atoms with van der Waals surface area (Å²) in [4.78, 5) is 7.60. The Morgan fingerprint density at radius 2 is 2.10 bits per heavy atom. The van der Waals surface area contributed by atoms with E-state index in [2.05, 4.69) is 40.6 Å². The van der Waals surface area contributed by atoms with Crippen LogP contribution < -0.4 is 5.32 Å². The SMILES string of the molecule is CNC(c1cnc2ccccc2c1)c1cc2c(s1)CCC2. The van der Waals surface area contributed by atoms with Gasteiger partial charge < -0.3 is 5.32 Å². The van der Waals surface area contributed by atoms with Gasteiger partial charge in [-0.2, -0.15) is 0 Å². The molecule has 1 unspecified atom stereocenters. The zero-order valence-corrected chi connectivity index (χ0v) is 12.9. The van der Waals surface area contributed by atoms with Crippen LogP contribution in [0.4, 0.5) is 0 Å². The van der Waals surface area contributed by atoms with E-state index >= 15 is 0 Å². The van der Waals surface area contributed by atoms with Gasteiger partial charge in [-0.3, -0.25) is 4.98 Å². The number of nitrogens with one attached hydrogen (secondary N) is 1. The lowest BCUT2D eigenvalue weighted by molar-refractivity contribution is 0.701. The van der Waals surface area contributed by atoms with Crippen molar-refractivity contribution in [2.75, 3.05) is 7.05 Å². The lowest BCUT2D eigenvalue weighted by Gasteiger charge is -2.15. The summed E-state index contributed by atoms with van der Waals surface area (Å²) in [6.07, 6.45) is 5.84. The summed E-state index contributed by atoms with van der Waals surface area (Å²) in [5.41, 5.74) is 3.87.